The molecule has 21 heavy (non-hydrogen) atoms. The second-order valence-electron chi connectivity index (χ2n) is 4.61. The van der Waals surface area contributed by atoms with Crippen molar-refractivity contribution in [3.8, 4) is 0 Å². The molecule has 0 radical (unpaired) electrons. The number of aliphatic carboxylic acids is 1. The normalized spacial score (nSPS) is 10.1. The summed E-state index contributed by atoms with van der Waals surface area (Å²) in [6, 6.07) is 5.19. The smallest absolute Gasteiger partial charge is 0.317 e. The number of hydrogen-bond donors (Lipinski definition) is 2. The van der Waals surface area contributed by atoms with Gasteiger partial charge in [-0.3, -0.25) is 14.5 Å². The zero-order valence-corrected chi connectivity index (χ0v) is 13.6. The van der Waals surface area contributed by atoms with E-state index < -0.39 is 5.97 Å². The van der Waals surface area contributed by atoms with Crippen LogP contribution < -0.4 is 5.32 Å². The van der Waals surface area contributed by atoms with Crippen LogP contribution in [0.15, 0.2) is 18.2 Å². The van der Waals surface area contributed by atoms with Crippen molar-refractivity contribution in [2.75, 3.05) is 25.0 Å². The lowest BCUT2D eigenvalue weighted by Crippen LogP contribution is -2.37. The second kappa shape index (κ2) is 9.60. The van der Waals surface area contributed by atoms with Crippen molar-refractivity contribution >= 4 is 41.6 Å². The summed E-state index contributed by atoms with van der Waals surface area (Å²) in [4.78, 5) is 24.3. The van der Waals surface area contributed by atoms with Crippen molar-refractivity contribution in [2.45, 2.75) is 20.3 Å². The monoisotopic (exact) mass is 334 g/mol. The number of hydrogen-bond acceptors (Lipinski definition) is 3. The van der Waals surface area contributed by atoms with Gasteiger partial charge in [-0.05, 0) is 43.7 Å². The molecule has 118 valence electrons. The lowest BCUT2D eigenvalue weighted by molar-refractivity contribution is -0.138. The maximum Gasteiger partial charge on any atom is 0.317 e. The van der Waals surface area contributed by atoms with Gasteiger partial charge in [0.05, 0.1) is 13.1 Å². The van der Waals surface area contributed by atoms with Gasteiger partial charge in [0.1, 0.15) is 0 Å². The largest absolute Gasteiger partial charge is 0.480 e. The van der Waals surface area contributed by atoms with Crippen molar-refractivity contribution in [3.63, 3.8) is 0 Å². The number of halogens is 2. The Labute approximate surface area is 135 Å². The molecule has 1 aromatic rings. The van der Waals surface area contributed by atoms with E-state index in [-0.39, 0.29) is 31.4 Å². The Kier molecular flexibility index (Phi) is 9.01. The van der Waals surface area contributed by atoms with Crippen LogP contribution in [-0.2, 0) is 9.59 Å². The van der Waals surface area contributed by atoms with Gasteiger partial charge < -0.3 is 10.4 Å². The van der Waals surface area contributed by atoms with Gasteiger partial charge in [-0.1, -0.05) is 18.5 Å². The lowest BCUT2D eigenvalue weighted by atomic mass is 10.2. The summed E-state index contributed by atoms with van der Waals surface area (Å²) in [6.45, 7) is 4.28. The molecule has 1 aromatic carbocycles. The van der Waals surface area contributed by atoms with Crippen molar-refractivity contribution < 1.29 is 14.7 Å². The van der Waals surface area contributed by atoms with E-state index >= 15 is 0 Å². The minimum Gasteiger partial charge on any atom is -0.480 e. The van der Waals surface area contributed by atoms with Crippen molar-refractivity contribution in [1.82, 2.24) is 4.90 Å². The van der Waals surface area contributed by atoms with Gasteiger partial charge in [0.15, 0.2) is 0 Å². The standard InChI is InChI=1S/C14H19ClN2O3.ClH/c1-3-6-17(9-14(19)20)8-13(18)16-12-5-4-11(15)7-10(12)2;/h4-5,7H,3,6,8-9H2,1-2H3,(H,16,18)(H,19,20);1H. The molecule has 7 heteroatoms. The van der Waals surface area contributed by atoms with Crippen LogP contribution in [-0.4, -0.2) is 41.5 Å². The highest BCUT2D eigenvalue weighted by Gasteiger charge is 2.13. The number of amides is 1. The maximum atomic E-state index is 11.9. The van der Waals surface area contributed by atoms with Crippen molar-refractivity contribution in [3.05, 3.63) is 28.8 Å². The molecule has 0 saturated carbocycles. The van der Waals surface area contributed by atoms with E-state index in [1.165, 1.54) is 0 Å². The Hall–Kier alpha value is -1.30. The van der Waals surface area contributed by atoms with Crippen LogP contribution in [0.25, 0.3) is 0 Å². The number of rotatable bonds is 7. The quantitative estimate of drug-likeness (QED) is 0.804. The SMILES string of the molecule is CCCN(CC(=O)O)CC(=O)Nc1ccc(Cl)cc1C.Cl. The first kappa shape index (κ1) is 19.7. The second-order valence-corrected chi connectivity index (χ2v) is 5.05. The Morgan fingerprint density at radius 1 is 1.33 bits per heavy atom. The first-order valence-electron chi connectivity index (χ1n) is 6.42. The Morgan fingerprint density at radius 2 is 2.00 bits per heavy atom. The van der Waals surface area contributed by atoms with E-state index in [0.29, 0.717) is 17.3 Å². The summed E-state index contributed by atoms with van der Waals surface area (Å²) < 4.78 is 0. The van der Waals surface area contributed by atoms with Gasteiger partial charge in [-0.15, -0.1) is 12.4 Å². The molecule has 5 nitrogen and oxygen atoms in total. The number of carboxylic acid groups (broad SMARTS) is 1. The predicted molar refractivity (Wildman–Crippen MR) is 86.4 cm³/mol. The topological polar surface area (TPSA) is 69.6 Å². The molecule has 0 fully saturated rings. The summed E-state index contributed by atoms with van der Waals surface area (Å²) in [5, 5.41) is 12.2. The zero-order valence-electron chi connectivity index (χ0n) is 12.1. The fourth-order valence-electron chi connectivity index (χ4n) is 1.88. The molecule has 0 bridgehead atoms. The highest BCUT2D eigenvalue weighted by Crippen LogP contribution is 2.19. The van der Waals surface area contributed by atoms with E-state index in [9.17, 15) is 9.59 Å². The van der Waals surface area contributed by atoms with Crippen LogP contribution >= 0.6 is 24.0 Å². The molecule has 0 unspecified atom stereocenters. The average Bonchev–Trinajstić information content (AvgIpc) is 2.32. The molecular formula is C14H20Cl2N2O3. The van der Waals surface area contributed by atoms with Crippen molar-refractivity contribution in [2.24, 2.45) is 0 Å². The summed E-state index contributed by atoms with van der Waals surface area (Å²) >= 11 is 5.85. The third-order valence-corrected chi connectivity index (χ3v) is 2.96. The van der Waals surface area contributed by atoms with Gasteiger partial charge in [-0.25, -0.2) is 0 Å². The Bertz CT molecular complexity index is 495. The van der Waals surface area contributed by atoms with Crippen LogP contribution in [0, 0.1) is 6.92 Å². The number of aryl methyl sites for hydroxylation is 1. The molecule has 0 aliphatic heterocycles. The fourth-order valence-corrected chi connectivity index (χ4v) is 2.11. The predicted octanol–water partition coefficient (Wildman–Crippen LogP) is 2.81. The van der Waals surface area contributed by atoms with Crippen LogP contribution in [0.3, 0.4) is 0 Å². The lowest BCUT2D eigenvalue weighted by Gasteiger charge is -2.19. The van der Waals surface area contributed by atoms with Crippen LogP contribution in [0.5, 0.6) is 0 Å². The van der Waals surface area contributed by atoms with Gasteiger partial charge in [0.25, 0.3) is 0 Å². The van der Waals surface area contributed by atoms with E-state index in [2.05, 4.69) is 5.32 Å². The first-order valence-corrected chi connectivity index (χ1v) is 6.80. The Morgan fingerprint density at radius 3 is 2.52 bits per heavy atom. The summed E-state index contributed by atoms with van der Waals surface area (Å²) in [7, 11) is 0. The summed E-state index contributed by atoms with van der Waals surface area (Å²) in [6.07, 6.45) is 0.792. The molecule has 0 spiro atoms. The van der Waals surface area contributed by atoms with Crippen LogP contribution in [0.1, 0.15) is 18.9 Å². The highest BCUT2D eigenvalue weighted by atomic mass is 35.5. The number of nitrogens with zero attached hydrogens (tertiary/aromatic N) is 1. The van der Waals surface area contributed by atoms with Gasteiger partial charge in [0.2, 0.25) is 5.91 Å². The maximum absolute atomic E-state index is 11.9. The van der Waals surface area contributed by atoms with E-state index in [4.69, 9.17) is 16.7 Å². The summed E-state index contributed by atoms with van der Waals surface area (Å²) in [5.74, 6) is -1.17. The highest BCUT2D eigenvalue weighted by molar-refractivity contribution is 6.30. The first-order chi connectivity index (χ1) is 9.42. The molecule has 0 heterocycles. The summed E-state index contributed by atoms with van der Waals surface area (Å²) in [5.41, 5.74) is 1.55. The minimum atomic E-state index is -0.936. The molecular weight excluding hydrogens is 315 g/mol. The minimum absolute atomic E-state index is 0. The third kappa shape index (κ3) is 7.32. The van der Waals surface area contributed by atoms with Crippen molar-refractivity contribution in [1.29, 1.82) is 0 Å². The number of nitrogens with one attached hydrogen (secondary N) is 1. The molecule has 0 aliphatic carbocycles. The van der Waals surface area contributed by atoms with Gasteiger partial charge in [0, 0.05) is 10.7 Å². The molecule has 0 saturated heterocycles. The fraction of sp³-hybridized carbons (Fsp3) is 0.429. The molecule has 1 amide bonds. The number of carbonyl (C=O) groups is 2. The molecule has 1 rings (SSSR count). The van der Waals surface area contributed by atoms with E-state index in [1.807, 2.05) is 13.8 Å². The van der Waals surface area contributed by atoms with Gasteiger partial charge >= 0.3 is 5.97 Å². The van der Waals surface area contributed by atoms with E-state index in [0.717, 1.165) is 12.0 Å². The number of anilines is 1. The number of benzene rings is 1. The molecule has 0 atom stereocenters. The molecule has 0 aliphatic rings. The van der Waals surface area contributed by atoms with Crippen LogP contribution in [0.2, 0.25) is 5.02 Å². The average molecular weight is 335 g/mol. The van der Waals surface area contributed by atoms with Crippen LogP contribution in [0.4, 0.5) is 5.69 Å². The van der Waals surface area contributed by atoms with Gasteiger partial charge in [-0.2, -0.15) is 0 Å². The zero-order chi connectivity index (χ0) is 15.1. The molecule has 0 aromatic heterocycles. The molecule has 2 N–H and O–H groups in total. The Balaban J connectivity index is 0.00000400. The van der Waals surface area contributed by atoms with E-state index in [1.54, 1.807) is 23.1 Å². The third-order valence-electron chi connectivity index (χ3n) is 2.73. The number of carbonyl (C=O) groups excluding carboxylic acids is 1. The number of carboxylic acids is 1.